The fraction of sp³-hybridized carbons (Fsp3) is 0.596. The van der Waals surface area contributed by atoms with Crippen LogP contribution in [0.5, 0.6) is 0 Å². The molecule has 0 aromatic carbocycles. The molecule has 2 amide bonds. The van der Waals surface area contributed by atoms with Crippen LogP contribution in [0.2, 0.25) is 0 Å². The van der Waals surface area contributed by atoms with E-state index in [0.717, 1.165) is 227 Å². The van der Waals surface area contributed by atoms with Crippen LogP contribution in [-0.4, -0.2) is 173 Å². The number of alkyl halides is 2. The van der Waals surface area contributed by atoms with Gasteiger partial charge in [-0.1, -0.05) is 148 Å². The number of hydrogen-bond acceptors (Lipinski definition) is 16. The quantitative estimate of drug-likeness (QED) is 0.100. The van der Waals surface area contributed by atoms with Crippen LogP contribution in [0.3, 0.4) is 0 Å². The zero-order valence-electron chi connectivity index (χ0n) is 78.1. The lowest BCUT2D eigenvalue weighted by Crippen LogP contribution is -2.48. The van der Waals surface area contributed by atoms with E-state index in [4.69, 9.17) is 38.5 Å². The lowest BCUT2D eigenvalue weighted by Gasteiger charge is -2.39. The molecule has 7 saturated heterocycles. The van der Waals surface area contributed by atoms with Crippen molar-refractivity contribution in [3.63, 3.8) is 0 Å². The summed E-state index contributed by atoms with van der Waals surface area (Å²) in [5.41, 5.74) is 4.42. The molecule has 12 unspecified atom stereocenters. The maximum atomic E-state index is 14.1. The van der Waals surface area contributed by atoms with Gasteiger partial charge in [0.25, 0.3) is 0 Å². The molecule has 8 aliphatic heterocycles. The summed E-state index contributed by atoms with van der Waals surface area (Å²) in [7, 11) is 0. The summed E-state index contributed by atoms with van der Waals surface area (Å²) >= 11 is 0. The molecule has 0 bridgehead atoms. The van der Waals surface area contributed by atoms with E-state index >= 15 is 0 Å². The largest absolute Gasteiger partial charge is 0.357 e. The van der Waals surface area contributed by atoms with Crippen LogP contribution in [0.25, 0.3) is 0 Å². The third-order valence-corrected chi connectivity index (χ3v) is 27.1. The highest BCUT2D eigenvalue weighted by Crippen LogP contribution is 2.37. The molecule has 14 rings (SSSR count). The van der Waals surface area contributed by atoms with Gasteiger partial charge in [-0.05, 0) is 243 Å². The molecule has 124 heavy (non-hydrogen) atoms. The van der Waals surface area contributed by atoms with Crippen molar-refractivity contribution in [2.24, 2.45) is 112 Å². The van der Waals surface area contributed by atoms with Crippen LogP contribution in [0.1, 0.15) is 216 Å². The van der Waals surface area contributed by atoms with Crippen LogP contribution in [0, 0.1) is 181 Å². The first kappa shape index (κ1) is 99.1. The van der Waals surface area contributed by atoms with E-state index in [0.29, 0.717) is 59.9 Å². The van der Waals surface area contributed by atoms with Gasteiger partial charge < -0.3 is 34.3 Å². The molecular weight excluding hydrogens is 1540 g/mol. The van der Waals surface area contributed by atoms with Gasteiger partial charge >= 0.3 is 6.03 Å². The second-order valence-electron chi connectivity index (χ2n) is 37.9. The molecule has 666 valence electrons. The number of hydrazone groups is 1. The molecule has 0 aliphatic carbocycles. The number of aromatic nitrogens is 8. The van der Waals surface area contributed by atoms with Crippen LogP contribution < -0.4 is 29.4 Å². The van der Waals surface area contributed by atoms with Crippen molar-refractivity contribution in [3.8, 4) is 74.1 Å². The highest BCUT2D eigenvalue weighted by Gasteiger charge is 2.37. The van der Waals surface area contributed by atoms with Crippen molar-refractivity contribution in [2.75, 3.05) is 128 Å². The smallest absolute Gasteiger partial charge is 0.340 e. The Balaban J connectivity index is 0.000000179. The molecule has 14 heterocycles. The van der Waals surface area contributed by atoms with Gasteiger partial charge in [0.15, 0.2) is 11.6 Å². The van der Waals surface area contributed by atoms with Crippen LogP contribution in [0.15, 0.2) is 103 Å². The average molecular weight is 1690 g/mol. The highest BCUT2D eigenvalue weighted by molar-refractivity contribution is 5.77. The van der Waals surface area contributed by atoms with Crippen molar-refractivity contribution < 1.29 is 13.6 Å². The zero-order chi connectivity index (χ0) is 90.3. The lowest BCUT2D eigenvalue weighted by molar-refractivity contribution is 0.0937. The van der Waals surface area contributed by atoms with E-state index in [9.17, 15) is 13.6 Å². The van der Waals surface area contributed by atoms with Crippen molar-refractivity contribution in [1.82, 2.24) is 50.2 Å². The van der Waals surface area contributed by atoms with E-state index in [1.807, 2.05) is 87.6 Å². The lowest BCUT2D eigenvalue weighted by atomic mass is 9.79. The summed E-state index contributed by atoms with van der Waals surface area (Å²) < 4.78 is 28.1. The third-order valence-electron chi connectivity index (χ3n) is 27.1. The Morgan fingerprint density at radius 3 is 0.919 bits per heavy atom. The number of anilines is 6. The van der Waals surface area contributed by atoms with Crippen molar-refractivity contribution >= 4 is 47.2 Å². The molecule has 0 saturated carbocycles. The number of piperidine rings is 7. The predicted octanol–water partition coefficient (Wildman–Crippen LogP) is 19.4. The predicted molar refractivity (Wildman–Crippen MR) is 510 cm³/mol. The average Bonchev–Trinajstić information content (AvgIpc) is 1.35. The number of carbonyl (C=O) groups is 1. The minimum atomic E-state index is -0.798. The molecular formula is C104H145F2N17O. The molecule has 12 atom stereocenters. The molecule has 6 aromatic heterocycles. The van der Waals surface area contributed by atoms with Crippen molar-refractivity contribution in [2.45, 2.75) is 195 Å². The topological polar surface area (TPSA) is 158 Å². The summed E-state index contributed by atoms with van der Waals surface area (Å²) in [5.74, 6) is 32.7. The van der Waals surface area contributed by atoms with Crippen LogP contribution in [-0.2, 0) is 0 Å². The summed E-state index contributed by atoms with van der Waals surface area (Å²) in [4.78, 5) is 45.2. The monoisotopic (exact) mass is 1690 g/mol. The van der Waals surface area contributed by atoms with Crippen LogP contribution in [0.4, 0.5) is 48.5 Å². The number of hydrogen-bond donors (Lipinski definition) is 0. The van der Waals surface area contributed by atoms with Gasteiger partial charge in [0, 0.05) is 138 Å². The van der Waals surface area contributed by atoms with E-state index in [-0.39, 0.29) is 17.9 Å². The SMILES string of the molecule is C#Cc1ccc(N2CCC(C(C)C)C(C)C2)nc1.C#Cc1ccc(N2CCC(C(C)C)C(C)C2)nc1.C#Cc1ccc(N2CCC(C(C)C)C(C)C2)nn1.C#Cc1ccc(N2CCC(C(C)C)C(F)C2)nc1.C#Cc1ccc(N2CCC(C(C)C)C(F)C2)nn1.C#Cc1ccc(N2CCC(C(C)C)CC2)nc1.CC(C)C1CN(C(=O)N2CCC=N2)CCC1C. The Bertz CT molecular complexity index is 3970. The second kappa shape index (κ2) is 49.4. The number of amides is 2. The van der Waals surface area contributed by atoms with E-state index in [1.165, 1.54) is 32.1 Å². The molecule has 6 aromatic rings. The minimum Gasteiger partial charge on any atom is -0.357 e. The number of nitrogens with zero attached hydrogens (tertiary/aromatic N) is 17. The number of halogens is 2. The van der Waals surface area contributed by atoms with E-state index < -0.39 is 12.3 Å². The number of likely N-dealkylation sites (tertiary alicyclic amines) is 1. The first-order valence-electron chi connectivity index (χ1n) is 46.1. The summed E-state index contributed by atoms with van der Waals surface area (Å²) in [6.07, 6.45) is 49.2. The fourth-order valence-electron chi connectivity index (χ4n) is 19.3. The van der Waals surface area contributed by atoms with Gasteiger partial charge in [-0.15, -0.1) is 58.9 Å². The zero-order valence-corrected chi connectivity index (χ0v) is 78.1. The number of carbonyl (C=O) groups excluding carboxylic acids is 1. The van der Waals surface area contributed by atoms with E-state index in [1.54, 1.807) is 35.9 Å². The number of rotatable bonds is 13. The number of terminal acetylenes is 6. The second-order valence-corrected chi connectivity index (χ2v) is 37.9. The standard InChI is InChI=1S/2C16H22N2.C15H19FN2.C15H21N3.C15H20N2.C14H18FN3.C13H23N3O/c2*1-5-14-6-7-16(17-10-14)18-9-8-15(12(2)3)13(4)11-18;1-4-12-5-6-15(17-9-12)18-8-7-13(11(2)3)14(16)10-18;1-5-13-6-7-15(17-16-13)18-9-8-14(11(2)3)12(4)10-18;1-4-13-5-6-15(16-11-13)17-9-7-14(8-10-17)12(2)3;1-4-11-5-6-14(17-16-11)18-8-7-12(10(2)3)13(15)9-18;1-10(2)12-9-15(8-5-11(12)3)13(17)16-7-4-6-14-16/h2*1,6-7,10,12-13,15H,8-9,11H2,2-4H3;1,5-6,9,11,13-14H,7-8,10H2,2-3H3;1,6-7,11-12,14H,8-10H2,2-4H3;1,5-6,11-12,14H,7-10H2,2-3H3;1,5-6,10,12-13H,7-9H2,2-3H3;6,10-12H,4-5,7-9H2,1-3H3. The Hall–Kier alpha value is -10.3. The number of urea groups is 1. The Kier molecular flexibility index (Phi) is 39.5. The molecule has 18 nitrogen and oxygen atoms in total. The Labute approximate surface area is 746 Å². The molecule has 0 radical (unpaired) electrons. The van der Waals surface area contributed by atoms with Gasteiger partial charge in [-0.2, -0.15) is 5.10 Å². The Morgan fingerprint density at radius 1 is 0.331 bits per heavy atom. The van der Waals surface area contributed by atoms with Crippen molar-refractivity contribution in [3.05, 3.63) is 131 Å². The Morgan fingerprint density at radius 2 is 0.645 bits per heavy atom. The first-order chi connectivity index (χ1) is 59.4. The summed E-state index contributed by atoms with van der Waals surface area (Å²) in [6, 6.07) is 23.2. The van der Waals surface area contributed by atoms with Crippen molar-refractivity contribution in [1.29, 1.82) is 0 Å². The summed E-state index contributed by atoms with van der Waals surface area (Å²) in [5, 5.41) is 21.9. The fourth-order valence-corrected chi connectivity index (χ4v) is 19.3. The highest BCUT2D eigenvalue weighted by atomic mass is 19.1. The first-order valence-corrected chi connectivity index (χ1v) is 46.1. The van der Waals surface area contributed by atoms with E-state index in [2.05, 4.69) is 225 Å². The van der Waals surface area contributed by atoms with Gasteiger partial charge in [-0.3, -0.25) is 0 Å². The summed E-state index contributed by atoms with van der Waals surface area (Å²) in [6.45, 7) is 54.6. The van der Waals surface area contributed by atoms with Gasteiger partial charge in [0.05, 0.1) is 19.6 Å². The van der Waals surface area contributed by atoms with Gasteiger partial charge in [0.2, 0.25) is 0 Å². The molecule has 0 spiro atoms. The third kappa shape index (κ3) is 29.2. The van der Waals surface area contributed by atoms with Gasteiger partial charge in [-0.25, -0.2) is 38.5 Å². The maximum absolute atomic E-state index is 14.1. The minimum absolute atomic E-state index is 0.0938. The van der Waals surface area contributed by atoms with Crippen LogP contribution >= 0.6 is 0 Å². The molecule has 8 aliphatic rings. The maximum Gasteiger partial charge on any atom is 0.340 e. The molecule has 7 fully saturated rings. The van der Waals surface area contributed by atoms with Gasteiger partial charge in [0.1, 0.15) is 47.0 Å². The normalized spacial score (nSPS) is 23.8. The molecule has 0 N–H and O–H groups in total. The molecule has 20 heteroatoms. The number of pyridine rings is 4.